The Hall–Kier alpha value is -2.37. The summed E-state index contributed by atoms with van der Waals surface area (Å²) in [5.41, 5.74) is 0.933. The molecule has 1 aliphatic heterocycles. The highest BCUT2D eigenvalue weighted by molar-refractivity contribution is 6.05. The molecule has 2 rings (SSSR count). The smallest absolute Gasteiger partial charge is 0.268 e. The Bertz CT molecular complexity index is 610. The van der Waals surface area contributed by atoms with Gasteiger partial charge in [-0.05, 0) is 32.0 Å². The van der Waals surface area contributed by atoms with Crippen LogP contribution in [0.3, 0.4) is 0 Å². The number of carbonyl (C=O) groups excluding carboxylic acids is 3. The molecule has 6 nitrogen and oxygen atoms in total. The Kier molecular flexibility index (Phi) is 3.97. The van der Waals surface area contributed by atoms with Crippen LogP contribution < -0.4 is 9.64 Å². The van der Waals surface area contributed by atoms with Gasteiger partial charge in [0.05, 0.1) is 5.69 Å². The third-order valence-corrected chi connectivity index (χ3v) is 3.37. The summed E-state index contributed by atoms with van der Waals surface area (Å²) < 4.78 is 5.52. The fourth-order valence-corrected chi connectivity index (χ4v) is 2.07. The largest absolute Gasteiger partial charge is 0.479 e. The van der Waals surface area contributed by atoms with Crippen molar-refractivity contribution >= 4 is 23.3 Å². The highest BCUT2D eigenvalue weighted by atomic mass is 16.5. The molecule has 0 bridgehead atoms. The molecule has 1 aromatic carbocycles. The Morgan fingerprint density at radius 3 is 2.57 bits per heavy atom. The molecule has 6 heteroatoms. The molecular weight excluding hydrogens is 272 g/mol. The van der Waals surface area contributed by atoms with Gasteiger partial charge in [-0.3, -0.25) is 19.3 Å². The van der Waals surface area contributed by atoms with Crippen LogP contribution in [0.25, 0.3) is 0 Å². The lowest BCUT2D eigenvalue weighted by Crippen LogP contribution is -2.48. The summed E-state index contributed by atoms with van der Waals surface area (Å²) in [7, 11) is 3.26. The minimum absolute atomic E-state index is 0.0755. The number of anilines is 1. The van der Waals surface area contributed by atoms with Gasteiger partial charge in [0.15, 0.2) is 11.9 Å². The van der Waals surface area contributed by atoms with E-state index in [4.69, 9.17) is 4.74 Å². The Morgan fingerprint density at radius 1 is 1.33 bits per heavy atom. The second-order valence-electron chi connectivity index (χ2n) is 5.21. The quantitative estimate of drug-likeness (QED) is 0.782. The molecule has 0 spiro atoms. The van der Waals surface area contributed by atoms with Crippen molar-refractivity contribution in [1.29, 1.82) is 0 Å². The Morgan fingerprint density at radius 2 is 2.00 bits per heavy atom. The first-order valence-electron chi connectivity index (χ1n) is 6.64. The van der Waals surface area contributed by atoms with Crippen molar-refractivity contribution in [3.05, 3.63) is 23.8 Å². The molecule has 0 fully saturated rings. The van der Waals surface area contributed by atoms with Crippen molar-refractivity contribution in [3.8, 4) is 5.75 Å². The van der Waals surface area contributed by atoms with E-state index in [0.29, 0.717) is 17.0 Å². The van der Waals surface area contributed by atoms with E-state index in [-0.39, 0.29) is 24.1 Å². The fourth-order valence-electron chi connectivity index (χ4n) is 2.07. The van der Waals surface area contributed by atoms with E-state index in [1.807, 2.05) is 0 Å². The topological polar surface area (TPSA) is 66.9 Å². The molecule has 1 aliphatic rings. The predicted octanol–water partition coefficient (Wildman–Crippen LogP) is 1.09. The zero-order valence-corrected chi connectivity index (χ0v) is 12.5. The van der Waals surface area contributed by atoms with Crippen LogP contribution in [0.2, 0.25) is 0 Å². The normalized spacial score (nSPS) is 17.0. The van der Waals surface area contributed by atoms with Gasteiger partial charge in [-0.25, -0.2) is 0 Å². The predicted molar refractivity (Wildman–Crippen MR) is 77.6 cm³/mol. The number of likely N-dealkylation sites (N-methyl/N-ethyl adjacent to an activating group) is 1. The van der Waals surface area contributed by atoms with Gasteiger partial charge in [0, 0.05) is 19.7 Å². The summed E-state index contributed by atoms with van der Waals surface area (Å²) >= 11 is 0. The molecule has 2 amide bonds. The summed E-state index contributed by atoms with van der Waals surface area (Å²) in [5.74, 6) is -0.101. The number of fused-ring (bicyclic) bond motifs is 1. The number of ether oxygens (including phenoxy) is 1. The minimum atomic E-state index is -0.657. The number of amides is 2. The van der Waals surface area contributed by atoms with Gasteiger partial charge in [0.25, 0.3) is 5.91 Å². The molecule has 1 heterocycles. The van der Waals surface area contributed by atoms with Gasteiger partial charge in [0.1, 0.15) is 12.3 Å². The number of rotatable bonds is 3. The lowest BCUT2D eigenvalue weighted by Gasteiger charge is -2.33. The summed E-state index contributed by atoms with van der Waals surface area (Å²) in [6.45, 7) is 3.01. The maximum atomic E-state index is 12.3. The number of benzene rings is 1. The van der Waals surface area contributed by atoms with Crippen LogP contribution in [0, 0.1) is 0 Å². The van der Waals surface area contributed by atoms with E-state index in [0.717, 1.165) is 0 Å². The highest BCUT2D eigenvalue weighted by Gasteiger charge is 2.33. The van der Waals surface area contributed by atoms with E-state index in [1.165, 1.54) is 16.7 Å². The first kappa shape index (κ1) is 15.0. The van der Waals surface area contributed by atoms with Crippen molar-refractivity contribution in [2.45, 2.75) is 20.0 Å². The third kappa shape index (κ3) is 2.89. The zero-order valence-electron chi connectivity index (χ0n) is 12.5. The molecule has 1 aromatic rings. The average molecular weight is 290 g/mol. The SMILES string of the molecule is CC(=O)c1ccc2c(c1)N(CC(=O)N(C)C)C(=O)C(C)O2. The number of nitrogens with zero attached hydrogens (tertiary/aromatic N) is 2. The monoisotopic (exact) mass is 290 g/mol. The van der Waals surface area contributed by atoms with Crippen LogP contribution in [0.15, 0.2) is 18.2 Å². The maximum Gasteiger partial charge on any atom is 0.268 e. The fraction of sp³-hybridized carbons (Fsp3) is 0.400. The first-order chi connectivity index (χ1) is 9.81. The molecule has 0 saturated carbocycles. The highest BCUT2D eigenvalue weighted by Crippen LogP contribution is 2.35. The molecular formula is C15H18N2O4. The number of ketones is 1. The second-order valence-corrected chi connectivity index (χ2v) is 5.21. The van der Waals surface area contributed by atoms with Crippen LogP contribution in [0.1, 0.15) is 24.2 Å². The molecule has 0 N–H and O–H groups in total. The minimum Gasteiger partial charge on any atom is -0.479 e. The van der Waals surface area contributed by atoms with Crippen LogP contribution in [-0.4, -0.2) is 49.2 Å². The lowest BCUT2D eigenvalue weighted by molar-refractivity contribution is -0.131. The van der Waals surface area contributed by atoms with Crippen LogP contribution in [0.4, 0.5) is 5.69 Å². The van der Waals surface area contributed by atoms with Gasteiger partial charge in [-0.2, -0.15) is 0 Å². The van der Waals surface area contributed by atoms with Crippen LogP contribution in [-0.2, 0) is 9.59 Å². The van der Waals surface area contributed by atoms with E-state index in [9.17, 15) is 14.4 Å². The van der Waals surface area contributed by atoms with Crippen molar-refractivity contribution in [1.82, 2.24) is 4.90 Å². The molecule has 1 atom stereocenters. The molecule has 0 radical (unpaired) electrons. The van der Waals surface area contributed by atoms with E-state index in [2.05, 4.69) is 0 Å². The van der Waals surface area contributed by atoms with Crippen molar-refractivity contribution in [3.63, 3.8) is 0 Å². The number of carbonyl (C=O) groups is 3. The van der Waals surface area contributed by atoms with Crippen LogP contribution >= 0.6 is 0 Å². The van der Waals surface area contributed by atoms with Crippen LogP contribution in [0.5, 0.6) is 5.75 Å². The number of hydrogen-bond donors (Lipinski definition) is 0. The summed E-state index contributed by atoms with van der Waals surface area (Å²) in [6.07, 6.45) is -0.657. The second kappa shape index (κ2) is 5.55. The molecule has 1 unspecified atom stereocenters. The van der Waals surface area contributed by atoms with Crippen molar-refractivity contribution < 1.29 is 19.1 Å². The number of hydrogen-bond acceptors (Lipinski definition) is 4. The molecule has 21 heavy (non-hydrogen) atoms. The molecule has 0 aliphatic carbocycles. The summed E-state index contributed by atoms with van der Waals surface area (Å²) in [6, 6.07) is 4.89. The van der Waals surface area contributed by atoms with E-state index < -0.39 is 6.10 Å². The van der Waals surface area contributed by atoms with Gasteiger partial charge in [-0.1, -0.05) is 0 Å². The molecule has 112 valence electrons. The molecule has 0 aromatic heterocycles. The standard InChI is InChI=1S/C15H18N2O4/c1-9(18)11-5-6-13-12(7-11)17(8-14(19)16(3)4)15(20)10(2)21-13/h5-7,10H,8H2,1-4H3. The van der Waals surface area contributed by atoms with Gasteiger partial charge >= 0.3 is 0 Å². The van der Waals surface area contributed by atoms with Gasteiger partial charge in [0.2, 0.25) is 5.91 Å². The maximum absolute atomic E-state index is 12.3. The Balaban J connectivity index is 2.44. The van der Waals surface area contributed by atoms with Crippen molar-refractivity contribution in [2.24, 2.45) is 0 Å². The molecule has 0 saturated heterocycles. The zero-order chi connectivity index (χ0) is 15.7. The average Bonchev–Trinajstić information content (AvgIpc) is 2.42. The number of Topliss-reactive ketones (excluding diaryl/α,β-unsaturated/α-hetero) is 1. The van der Waals surface area contributed by atoms with Gasteiger partial charge < -0.3 is 9.64 Å². The third-order valence-electron chi connectivity index (χ3n) is 3.37. The first-order valence-corrected chi connectivity index (χ1v) is 6.64. The summed E-state index contributed by atoms with van der Waals surface area (Å²) in [5, 5.41) is 0. The Labute approximate surface area is 123 Å². The van der Waals surface area contributed by atoms with E-state index >= 15 is 0 Å². The lowest BCUT2D eigenvalue weighted by atomic mass is 10.1. The van der Waals surface area contributed by atoms with Crippen molar-refractivity contribution in [2.75, 3.05) is 25.5 Å². The van der Waals surface area contributed by atoms with Gasteiger partial charge in [-0.15, -0.1) is 0 Å². The summed E-state index contributed by atoms with van der Waals surface area (Å²) in [4.78, 5) is 38.5. The van der Waals surface area contributed by atoms with E-state index in [1.54, 1.807) is 39.2 Å².